The van der Waals surface area contributed by atoms with Crippen LogP contribution in [0.4, 0.5) is 0 Å². The van der Waals surface area contributed by atoms with Gasteiger partial charge >= 0.3 is 0 Å². The van der Waals surface area contributed by atoms with Crippen molar-refractivity contribution in [3.8, 4) is 11.5 Å². The van der Waals surface area contributed by atoms with E-state index in [0.29, 0.717) is 0 Å². The number of ether oxygens (including phenoxy) is 2. The van der Waals surface area contributed by atoms with Gasteiger partial charge in [0.05, 0.1) is 12.6 Å². The van der Waals surface area contributed by atoms with Gasteiger partial charge in [0, 0.05) is 22.0 Å². The molecule has 0 spiro atoms. The Morgan fingerprint density at radius 2 is 1.91 bits per heavy atom. The largest absolute Gasteiger partial charge is 0.494 e. The molecule has 3 aromatic rings. The molecule has 2 aliphatic rings. The molecule has 0 aliphatic carbocycles. The molecule has 1 aromatic heterocycles. The summed E-state index contributed by atoms with van der Waals surface area (Å²) in [5, 5.41) is 7.04. The van der Waals surface area contributed by atoms with Crippen molar-refractivity contribution in [2.45, 2.75) is 58.2 Å². The Balaban J connectivity index is 1.39. The summed E-state index contributed by atoms with van der Waals surface area (Å²) in [4.78, 5) is 0. The third kappa shape index (κ3) is 4.67. The molecule has 5 rings (SSSR count). The molecule has 0 bridgehead atoms. The number of unbranched alkanes of at least 4 members (excludes halogenated alkanes) is 3. The van der Waals surface area contributed by atoms with Gasteiger partial charge in [0.1, 0.15) is 28.7 Å². The van der Waals surface area contributed by atoms with Gasteiger partial charge in [-0.15, -0.1) is 0 Å². The van der Waals surface area contributed by atoms with Crippen LogP contribution in [0.3, 0.4) is 0 Å². The highest BCUT2D eigenvalue weighted by atomic mass is 79.9. The standard InChI is InChI=1S/C27H29BrN2O3/c1-3-4-5-6-15-31-21-11-8-19(9-12-21)27-30-24(22-16-20(28)10-14-25(22)33-27)17-23(29-30)26-13-7-18(2)32-26/h7-14,16,24,27H,3-6,15,17H2,1-2H3/t24-,27-/m0/s1. The highest BCUT2D eigenvalue weighted by Gasteiger charge is 2.41. The lowest BCUT2D eigenvalue weighted by Crippen LogP contribution is -2.33. The molecule has 0 saturated carbocycles. The second kappa shape index (κ2) is 9.64. The molecule has 33 heavy (non-hydrogen) atoms. The van der Waals surface area contributed by atoms with E-state index in [1.165, 1.54) is 19.3 Å². The molecule has 3 heterocycles. The van der Waals surface area contributed by atoms with Gasteiger partial charge < -0.3 is 13.9 Å². The van der Waals surface area contributed by atoms with Gasteiger partial charge in [-0.05, 0) is 67.9 Å². The van der Waals surface area contributed by atoms with E-state index in [2.05, 4.69) is 46.1 Å². The highest BCUT2D eigenvalue weighted by Crippen LogP contribution is 2.48. The summed E-state index contributed by atoms with van der Waals surface area (Å²) >= 11 is 3.61. The Bertz CT molecular complexity index is 1140. The predicted octanol–water partition coefficient (Wildman–Crippen LogP) is 7.55. The van der Waals surface area contributed by atoms with E-state index in [1.807, 2.05) is 43.3 Å². The molecular formula is C27H29BrN2O3. The van der Waals surface area contributed by atoms with Crippen LogP contribution < -0.4 is 9.47 Å². The van der Waals surface area contributed by atoms with E-state index in [1.54, 1.807) is 0 Å². The third-order valence-corrected chi connectivity index (χ3v) is 6.70. The molecule has 2 aromatic carbocycles. The average molecular weight is 509 g/mol. The molecule has 0 fully saturated rings. The van der Waals surface area contributed by atoms with Gasteiger partial charge in [-0.3, -0.25) is 0 Å². The first-order valence-electron chi connectivity index (χ1n) is 11.7. The zero-order valence-electron chi connectivity index (χ0n) is 19.1. The normalized spacial score (nSPS) is 19.0. The lowest BCUT2D eigenvalue weighted by molar-refractivity contribution is -0.0191. The molecule has 0 radical (unpaired) electrons. The van der Waals surface area contributed by atoms with E-state index < -0.39 is 0 Å². The van der Waals surface area contributed by atoms with Crippen molar-refractivity contribution < 1.29 is 13.9 Å². The summed E-state index contributed by atoms with van der Waals surface area (Å²) in [5.74, 6) is 3.50. The van der Waals surface area contributed by atoms with Crippen molar-refractivity contribution in [1.29, 1.82) is 0 Å². The quantitative estimate of drug-likeness (QED) is 0.294. The minimum Gasteiger partial charge on any atom is -0.494 e. The van der Waals surface area contributed by atoms with E-state index in [-0.39, 0.29) is 12.3 Å². The van der Waals surface area contributed by atoms with Crippen LogP contribution in [0, 0.1) is 6.92 Å². The van der Waals surface area contributed by atoms with Gasteiger partial charge in [-0.2, -0.15) is 5.10 Å². The van der Waals surface area contributed by atoms with Gasteiger partial charge in [0.25, 0.3) is 0 Å². The van der Waals surface area contributed by atoms with Crippen LogP contribution in [0.5, 0.6) is 11.5 Å². The van der Waals surface area contributed by atoms with Crippen LogP contribution in [0.15, 0.2) is 68.6 Å². The minimum absolute atomic E-state index is 0.0890. The van der Waals surface area contributed by atoms with Crippen LogP contribution in [0.2, 0.25) is 0 Å². The molecule has 5 nitrogen and oxygen atoms in total. The fourth-order valence-electron chi connectivity index (χ4n) is 4.46. The first-order valence-corrected chi connectivity index (χ1v) is 12.5. The molecule has 172 valence electrons. The molecule has 2 atom stereocenters. The van der Waals surface area contributed by atoms with Crippen molar-refractivity contribution in [1.82, 2.24) is 5.01 Å². The van der Waals surface area contributed by atoms with E-state index in [4.69, 9.17) is 19.0 Å². The second-order valence-corrected chi connectivity index (χ2v) is 9.60. The maximum atomic E-state index is 6.47. The number of rotatable bonds is 8. The molecule has 6 heteroatoms. The smallest absolute Gasteiger partial charge is 0.213 e. The Labute approximate surface area is 203 Å². The summed E-state index contributed by atoms with van der Waals surface area (Å²) in [6.45, 7) is 4.93. The van der Waals surface area contributed by atoms with Gasteiger partial charge in [0.2, 0.25) is 6.23 Å². The average Bonchev–Trinajstić information content (AvgIpc) is 3.46. The Kier molecular flexibility index (Phi) is 6.45. The van der Waals surface area contributed by atoms with Crippen LogP contribution in [0.25, 0.3) is 0 Å². The number of fused-ring (bicyclic) bond motifs is 3. The first kappa shape index (κ1) is 22.1. The summed E-state index contributed by atoms with van der Waals surface area (Å²) in [7, 11) is 0. The fraction of sp³-hybridized carbons (Fsp3) is 0.370. The number of hydrazone groups is 1. The topological polar surface area (TPSA) is 47.2 Å². The lowest BCUT2D eigenvalue weighted by atomic mass is 9.97. The van der Waals surface area contributed by atoms with Gasteiger partial charge in [-0.1, -0.05) is 42.1 Å². The van der Waals surface area contributed by atoms with Gasteiger partial charge in [0.15, 0.2) is 0 Å². The van der Waals surface area contributed by atoms with E-state index >= 15 is 0 Å². The minimum atomic E-state index is -0.309. The number of hydrogen-bond acceptors (Lipinski definition) is 5. The van der Waals surface area contributed by atoms with Crippen molar-refractivity contribution in [3.05, 3.63) is 81.7 Å². The SMILES string of the molecule is CCCCCCOc1ccc([C@@H]2Oc3ccc(Br)cc3[C@@H]3CC(c4ccc(C)o4)=NN32)cc1. The third-order valence-electron chi connectivity index (χ3n) is 6.21. The van der Waals surface area contributed by atoms with Crippen molar-refractivity contribution in [3.63, 3.8) is 0 Å². The molecule has 0 unspecified atom stereocenters. The van der Waals surface area contributed by atoms with Gasteiger partial charge in [-0.25, -0.2) is 5.01 Å². The van der Waals surface area contributed by atoms with Crippen LogP contribution in [-0.4, -0.2) is 17.3 Å². The van der Waals surface area contributed by atoms with Crippen molar-refractivity contribution >= 4 is 21.6 Å². The zero-order chi connectivity index (χ0) is 22.8. The number of hydrogen-bond donors (Lipinski definition) is 0. The fourth-order valence-corrected chi connectivity index (χ4v) is 4.84. The molecule has 0 N–H and O–H groups in total. The maximum Gasteiger partial charge on any atom is 0.213 e. The van der Waals surface area contributed by atoms with Crippen molar-refractivity contribution in [2.24, 2.45) is 5.10 Å². The summed E-state index contributed by atoms with van der Waals surface area (Å²) in [5.41, 5.74) is 3.13. The number of nitrogens with zero attached hydrogens (tertiary/aromatic N) is 2. The first-order chi connectivity index (χ1) is 16.1. The summed E-state index contributed by atoms with van der Waals surface area (Å²) in [6, 6.07) is 18.5. The van der Waals surface area contributed by atoms with E-state index in [0.717, 1.165) is 63.8 Å². The predicted molar refractivity (Wildman–Crippen MR) is 133 cm³/mol. The van der Waals surface area contributed by atoms with Crippen LogP contribution in [-0.2, 0) is 0 Å². The Morgan fingerprint density at radius 3 is 2.67 bits per heavy atom. The Morgan fingerprint density at radius 1 is 1.06 bits per heavy atom. The van der Waals surface area contributed by atoms with Crippen LogP contribution in [0.1, 0.15) is 73.9 Å². The summed E-state index contributed by atoms with van der Waals surface area (Å²) < 4.78 is 19.3. The molecule has 2 aliphatic heterocycles. The number of aryl methyl sites for hydroxylation is 1. The number of furan rings is 1. The monoisotopic (exact) mass is 508 g/mol. The lowest BCUT2D eigenvalue weighted by Gasteiger charge is -2.38. The highest BCUT2D eigenvalue weighted by molar-refractivity contribution is 9.10. The molecule has 0 saturated heterocycles. The maximum absolute atomic E-state index is 6.47. The van der Waals surface area contributed by atoms with Crippen LogP contribution >= 0.6 is 15.9 Å². The zero-order valence-corrected chi connectivity index (χ0v) is 20.7. The van der Waals surface area contributed by atoms with Crippen molar-refractivity contribution in [2.75, 3.05) is 6.61 Å². The number of halogens is 1. The number of benzene rings is 2. The van der Waals surface area contributed by atoms with E-state index in [9.17, 15) is 0 Å². The Hall–Kier alpha value is -2.73. The molecule has 0 amide bonds. The summed E-state index contributed by atoms with van der Waals surface area (Å²) in [6.07, 6.45) is 5.26. The second-order valence-electron chi connectivity index (χ2n) is 8.69. The molecular weight excluding hydrogens is 480 g/mol.